The second-order valence-corrected chi connectivity index (χ2v) is 13.4. The number of fused-ring (bicyclic) bond motifs is 6. The van der Waals surface area contributed by atoms with Crippen LogP contribution in [0.3, 0.4) is 0 Å². The second-order valence-electron chi connectivity index (χ2n) is 13.4. The van der Waals surface area contributed by atoms with Crippen LogP contribution in [0.5, 0.6) is 0 Å². The minimum Gasteiger partial charge on any atom is -0.393 e. The van der Waals surface area contributed by atoms with Gasteiger partial charge in [-0.3, -0.25) is 0 Å². The molecule has 5 heteroatoms. The largest absolute Gasteiger partial charge is 0.393 e. The van der Waals surface area contributed by atoms with E-state index in [9.17, 15) is 14.6 Å². The van der Waals surface area contributed by atoms with E-state index in [1.807, 2.05) is 6.07 Å². The third-order valence-corrected chi connectivity index (χ3v) is 11.9. The molecule has 36 heavy (non-hydrogen) atoms. The average molecular weight is 495 g/mol. The third kappa shape index (κ3) is 3.83. The summed E-state index contributed by atoms with van der Waals surface area (Å²) in [6.07, 6.45) is 11.9. The van der Waals surface area contributed by atoms with Gasteiger partial charge in [0, 0.05) is 12.6 Å². The van der Waals surface area contributed by atoms with E-state index in [0.29, 0.717) is 46.4 Å². The SMILES string of the molecule is C[C@H](CCc1ncc2c(F)cccc2n1)[C@H]1CC[C@H]2[C@H]3C(CC[C@]12C)[C@@]1(C)CC[C@@H](O)C[C@H]1C[C@@H]3O. The zero-order valence-corrected chi connectivity index (χ0v) is 22.2. The number of halogens is 1. The Hall–Kier alpha value is -1.59. The molecule has 0 aliphatic heterocycles. The van der Waals surface area contributed by atoms with Gasteiger partial charge in [-0.1, -0.05) is 26.8 Å². The summed E-state index contributed by atoms with van der Waals surface area (Å²) >= 11 is 0. The highest BCUT2D eigenvalue weighted by Gasteiger charge is 2.62. The van der Waals surface area contributed by atoms with Crippen LogP contribution in [0, 0.1) is 52.2 Å². The zero-order valence-electron chi connectivity index (χ0n) is 22.2. The first kappa shape index (κ1) is 24.7. The van der Waals surface area contributed by atoms with Crippen molar-refractivity contribution in [3.8, 4) is 0 Å². The van der Waals surface area contributed by atoms with E-state index in [4.69, 9.17) is 0 Å². The highest BCUT2D eigenvalue weighted by molar-refractivity contribution is 5.78. The van der Waals surface area contributed by atoms with Crippen molar-refractivity contribution in [1.29, 1.82) is 0 Å². The summed E-state index contributed by atoms with van der Waals surface area (Å²) in [4.78, 5) is 9.12. The fourth-order valence-corrected chi connectivity index (χ4v) is 9.91. The first-order valence-electron chi connectivity index (χ1n) is 14.5. The Kier molecular flexibility index (Phi) is 6.19. The predicted octanol–water partition coefficient (Wildman–Crippen LogP) is 6.33. The van der Waals surface area contributed by atoms with E-state index >= 15 is 0 Å². The minimum absolute atomic E-state index is 0.178. The topological polar surface area (TPSA) is 66.2 Å². The van der Waals surface area contributed by atoms with Crippen LogP contribution in [0.15, 0.2) is 24.4 Å². The lowest BCUT2D eigenvalue weighted by atomic mass is 9.43. The summed E-state index contributed by atoms with van der Waals surface area (Å²) in [5, 5.41) is 22.3. The number of benzene rings is 1. The second kappa shape index (κ2) is 9.01. The average Bonchev–Trinajstić information content (AvgIpc) is 3.21. The van der Waals surface area contributed by atoms with Gasteiger partial charge in [-0.05, 0) is 116 Å². The molecule has 0 radical (unpaired) electrons. The van der Waals surface area contributed by atoms with Crippen LogP contribution in [0.1, 0.15) is 84.4 Å². The Morgan fingerprint density at radius 2 is 1.81 bits per heavy atom. The molecule has 1 aromatic heterocycles. The summed E-state index contributed by atoms with van der Waals surface area (Å²) in [7, 11) is 0. The molecule has 4 nitrogen and oxygen atoms in total. The first-order chi connectivity index (χ1) is 17.2. The first-order valence-corrected chi connectivity index (χ1v) is 14.5. The minimum atomic E-state index is -0.262. The molecule has 10 atom stereocenters. The van der Waals surface area contributed by atoms with Gasteiger partial charge in [0.25, 0.3) is 0 Å². The van der Waals surface area contributed by atoms with Gasteiger partial charge in [0.15, 0.2) is 0 Å². The summed E-state index contributed by atoms with van der Waals surface area (Å²) in [5.74, 6) is 3.85. The Morgan fingerprint density at radius 1 is 1.03 bits per heavy atom. The summed E-state index contributed by atoms with van der Waals surface area (Å²) < 4.78 is 14.0. The van der Waals surface area contributed by atoms with Crippen molar-refractivity contribution < 1.29 is 14.6 Å². The van der Waals surface area contributed by atoms with E-state index in [2.05, 4.69) is 30.7 Å². The van der Waals surface area contributed by atoms with Crippen LogP contribution in [-0.4, -0.2) is 32.4 Å². The fraction of sp³-hybridized carbons (Fsp3) is 0.742. The Labute approximate surface area is 215 Å². The molecule has 0 amide bonds. The van der Waals surface area contributed by atoms with E-state index in [1.165, 1.54) is 31.7 Å². The summed E-state index contributed by atoms with van der Waals surface area (Å²) in [5.41, 5.74) is 1.25. The van der Waals surface area contributed by atoms with Crippen molar-refractivity contribution in [2.75, 3.05) is 0 Å². The van der Waals surface area contributed by atoms with Crippen LogP contribution in [0.2, 0.25) is 0 Å². The number of aliphatic hydroxyl groups is 2. The van der Waals surface area contributed by atoms with Gasteiger partial charge in [-0.15, -0.1) is 0 Å². The van der Waals surface area contributed by atoms with Crippen molar-refractivity contribution >= 4 is 10.9 Å². The molecule has 6 rings (SSSR count). The summed E-state index contributed by atoms with van der Waals surface area (Å²) in [6.45, 7) is 7.42. The van der Waals surface area contributed by atoms with Crippen LogP contribution in [0.25, 0.3) is 10.9 Å². The molecule has 4 saturated carbocycles. The van der Waals surface area contributed by atoms with Crippen molar-refractivity contribution in [2.24, 2.45) is 46.3 Å². The molecule has 4 aliphatic carbocycles. The number of hydrogen-bond donors (Lipinski definition) is 2. The standard InChI is InChI=1S/C31H43FN2O2/c1-18(7-10-28-33-17-21-25(32)5-4-6-26(21)34-28)22-8-9-23-29-24(12-14-31(22,23)3)30(2)13-11-20(35)15-19(30)16-27(29)36/h4-6,17-20,22-24,27,29,35-36H,7-16H2,1-3H3/t18-,19+,20-,22-,23+,24?,27+,29+,30+,31-/m1/s1. The highest BCUT2D eigenvalue weighted by atomic mass is 19.1. The van der Waals surface area contributed by atoms with Gasteiger partial charge in [-0.25, -0.2) is 14.4 Å². The molecule has 2 aromatic rings. The highest BCUT2D eigenvalue weighted by Crippen LogP contribution is 2.68. The number of aryl methyl sites for hydroxylation is 1. The van der Waals surface area contributed by atoms with E-state index in [0.717, 1.165) is 44.3 Å². The van der Waals surface area contributed by atoms with Crippen molar-refractivity contribution in [1.82, 2.24) is 9.97 Å². The van der Waals surface area contributed by atoms with Gasteiger partial charge in [0.2, 0.25) is 0 Å². The smallest absolute Gasteiger partial charge is 0.134 e. The molecule has 0 saturated heterocycles. The van der Waals surface area contributed by atoms with Crippen LogP contribution in [0.4, 0.5) is 4.39 Å². The van der Waals surface area contributed by atoms with Crippen LogP contribution < -0.4 is 0 Å². The third-order valence-electron chi connectivity index (χ3n) is 11.9. The number of hydrogen-bond acceptors (Lipinski definition) is 4. The Bertz CT molecular complexity index is 1120. The maximum Gasteiger partial charge on any atom is 0.134 e. The maximum absolute atomic E-state index is 14.0. The van der Waals surface area contributed by atoms with Gasteiger partial charge >= 0.3 is 0 Å². The molecule has 1 aromatic carbocycles. The lowest BCUT2D eigenvalue weighted by Crippen LogP contribution is -2.58. The predicted molar refractivity (Wildman–Crippen MR) is 140 cm³/mol. The quantitative estimate of drug-likeness (QED) is 0.521. The molecule has 2 N–H and O–H groups in total. The molecule has 1 unspecified atom stereocenters. The van der Waals surface area contributed by atoms with E-state index in [1.54, 1.807) is 12.3 Å². The molecule has 0 bridgehead atoms. The molecule has 4 aliphatic rings. The Balaban J connectivity index is 1.17. The maximum atomic E-state index is 14.0. The molecule has 4 fully saturated rings. The van der Waals surface area contributed by atoms with E-state index < -0.39 is 0 Å². The fourth-order valence-electron chi connectivity index (χ4n) is 9.91. The number of aromatic nitrogens is 2. The van der Waals surface area contributed by atoms with Gasteiger partial charge in [0.1, 0.15) is 11.6 Å². The van der Waals surface area contributed by atoms with Crippen molar-refractivity contribution in [2.45, 2.75) is 97.2 Å². The van der Waals surface area contributed by atoms with Crippen molar-refractivity contribution in [3.63, 3.8) is 0 Å². The van der Waals surface area contributed by atoms with Crippen molar-refractivity contribution in [3.05, 3.63) is 36.0 Å². The molecule has 196 valence electrons. The van der Waals surface area contributed by atoms with Gasteiger partial charge in [-0.2, -0.15) is 0 Å². The molecular weight excluding hydrogens is 451 g/mol. The molecule has 1 heterocycles. The van der Waals surface area contributed by atoms with Gasteiger partial charge in [0.05, 0.1) is 23.1 Å². The van der Waals surface area contributed by atoms with Crippen LogP contribution >= 0.6 is 0 Å². The number of rotatable bonds is 4. The molecule has 0 spiro atoms. The lowest BCUT2D eigenvalue weighted by molar-refractivity contribution is -0.174. The number of nitrogens with zero attached hydrogens (tertiary/aromatic N) is 2. The lowest BCUT2D eigenvalue weighted by Gasteiger charge is -2.62. The summed E-state index contributed by atoms with van der Waals surface area (Å²) in [6, 6.07) is 5.03. The van der Waals surface area contributed by atoms with E-state index in [-0.39, 0.29) is 28.9 Å². The number of aliphatic hydroxyl groups excluding tert-OH is 2. The van der Waals surface area contributed by atoms with Gasteiger partial charge < -0.3 is 10.2 Å². The Morgan fingerprint density at radius 3 is 2.64 bits per heavy atom. The monoisotopic (exact) mass is 494 g/mol. The normalized spacial score (nSPS) is 43.0. The van der Waals surface area contributed by atoms with Crippen LogP contribution in [-0.2, 0) is 6.42 Å². The molecular formula is C31H43FN2O2. The zero-order chi connectivity index (χ0) is 25.2.